The minimum absolute atomic E-state index is 0.0654. The zero-order chi connectivity index (χ0) is 24.8. The van der Waals surface area contributed by atoms with Gasteiger partial charge in [0.1, 0.15) is 0 Å². The number of nitrogens with zero attached hydrogens (tertiary/aromatic N) is 2. The molecule has 2 spiro atoms. The van der Waals surface area contributed by atoms with E-state index in [0.717, 1.165) is 31.9 Å². The average Bonchev–Trinajstić information content (AvgIpc) is 3.48. The second kappa shape index (κ2) is 11.2. The maximum absolute atomic E-state index is 10.9. The molecule has 0 atom stereocenters. The SMILES string of the molecule is [C-]#[N+]C1(CCO)CCC2(CC1)OCCO2.[C-]#[N+]C1(CCOS(C)(=O)=O)CCC2(CC1)OCCO2. The first-order chi connectivity index (χ1) is 16.1. The quantitative estimate of drug-likeness (QED) is 0.438. The molecule has 2 saturated carbocycles. The molecule has 4 fully saturated rings. The Bertz CT molecular complexity index is 846. The third-order valence-electron chi connectivity index (χ3n) is 7.43. The summed E-state index contributed by atoms with van der Waals surface area (Å²) in [6.45, 7) is 17.3. The summed E-state index contributed by atoms with van der Waals surface area (Å²) >= 11 is 0. The Kier molecular flexibility index (Phi) is 8.96. The van der Waals surface area contributed by atoms with Crippen molar-refractivity contribution in [3.63, 3.8) is 0 Å². The van der Waals surface area contributed by atoms with Crippen molar-refractivity contribution in [2.75, 3.05) is 45.9 Å². The van der Waals surface area contributed by atoms with E-state index >= 15 is 0 Å². The lowest BCUT2D eigenvalue weighted by atomic mass is 9.77. The van der Waals surface area contributed by atoms with Crippen molar-refractivity contribution < 1.29 is 36.7 Å². The lowest BCUT2D eigenvalue weighted by molar-refractivity contribution is -0.183. The molecular formula is C23H36N2O8S. The van der Waals surface area contributed by atoms with E-state index in [1.165, 1.54) is 0 Å². The van der Waals surface area contributed by atoms with Crippen LogP contribution in [0.15, 0.2) is 0 Å². The molecule has 2 heterocycles. The fourth-order valence-corrected chi connectivity index (χ4v) is 5.58. The average molecular weight is 501 g/mol. The molecule has 11 heteroatoms. The summed E-state index contributed by atoms with van der Waals surface area (Å²) in [5.74, 6) is -0.893. The zero-order valence-corrected chi connectivity index (χ0v) is 20.7. The molecule has 0 aromatic heterocycles. The van der Waals surface area contributed by atoms with Crippen LogP contribution in [-0.4, -0.2) is 82.1 Å². The van der Waals surface area contributed by atoms with Gasteiger partial charge < -0.3 is 33.7 Å². The topological polar surface area (TPSA) is 109 Å². The van der Waals surface area contributed by atoms with E-state index in [1.807, 2.05) is 0 Å². The molecule has 4 aliphatic rings. The Morgan fingerprint density at radius 1 is 0.765 bits per heavy atom. The van der Waals surface area contributed by atoms with Gasteiger partial charge in [-0.2, -0.15) is 8.42 Å². The van der Waals surface area contributed by atoms with Gasteiger partial charge in [-0.25, -0.2) is 13.1 Å². The van der Waals surface area contributed by atoms with Gasteiger partial charge in [-0.3, -0.25) is 4.18 Å². The highest BCUT2D eigenvalue weighted by Gasteiger charge is 2.51. The van der Waals surface area contributed by atoms with Crippen molar-refractivity contribution in [3.8, 4) is 0 Å². The first-order valence-electron chi connectivity index (χ1n) is 11.9. The molecule has 0 bridgehead atoms. The molecule has 34 heavy (non-hydrogen) atoms. The van der Waals surface area contributed by atoms with Gasteiger partial charge in [-0.15, -0.1) is 0 Å². The van der Waals surface area contributed by atoms with E-state index in [-0.39, 0.29) is 18.8 Å². The van der Waals surface area contributed by atoms with Gasteiger partial charge in [-0.1, -0.05) is 0 Å². The van der Waals surface area contributed by atoms with Crippen LogP contribution < -0.4 is 0 Å². The van der Waals surface area contributed by atoms with E-state index in [1.54, 1.807) is 0 Å². The van der Waals surface area contributed by atoms with Crippen LogP contribution in [0.5, 0.6) is 0 Å². The van der Waals surface area contributed by atoms with Crippen molar-refractivity contribution in [1.82, 2.24) is 0 Å². The van der Waals surface area contributed by atoms with Gasteiger partial charge in [0.2, 0.25) is 11.1 Å². The molecule has 2 aliphatic heterocycles. The van der Waals surface area contributed by atoms with E-state index < -0.39 is 27.2 Å². The van der Waals surface area contributed by atoms with Crippen molar-refractivity contribution >= 4 is 10.1 Å². The molecule has 0 aromatic rings. The van der Waals surface area contributed by atoms with E-state index in [9.17, 15) is 8.42 Å². The van der Waals surface area contributed by atoms with Gasteiger partial charge in [0.25, 0.3) is 10.1 Å². The normalized spacial score (nSPS) is 29.2. The number of ether oxygens (including phenoxy) is 4. The van der Waals surface area contributed by atoms with Crippen LogP contribution in [0.4, 0.5) is 0 Å². The fraction of sp³-hybridized carbons (Fsp3) is 0.913. The van der Waals surface area contributed by atoms with E-state index in [2.05, 4.69) is 9.69 Å². The van der Waals surface area contributed by atoms with Crippen LogP contribution in [0.25, 0.3) is 9.69 Å². The van der Waals surface area contributed by atoms with Gasteiger partial charge in [-0.05, 0) is 0 Å². The summed E-state index contributed by atoms with van der Waals surface area (Å²) in [4.78, 5) is 7.42. The zero-order valence-electron chi connectivity index (χ0n) is 19.9. The summed E-state index contributed by atoms with van der Waals surface area (Å²) in [5.41, 5.74) is -0.902. The Morgan fingerprint density at radius 2 is 1.15 bits per heavy atom. The first kappa shape index (κ1) is 27.3. The van der Waals surface area contributed by atoms with Crippen LogP contribution in [0.3, 0.4) is 0 Å². The molecule has 0 amide bonds. The second-order valence-corrected chi connectivity index (χ2v) is 11.3. The second-order valence-electron chi connectivity index (χ2n) is 9.64. The van der Waals surface area contributed by atoms with Crippen LogP contribution >= 0.6 is 0 Å². The molecule has 0 unspecified atom stereocenters. The monoisotopic (exact) mass is 500 g/mol. The number of hydrogen-bond donors (Lipinski definition) is 1. The molecule has 0 aromatic carbocycles. The molecule has 2 saturated heterocycles. The first-order valence-corrected chi connectivity index (χ1v) is 13.7. The Morgan fingerprint density at radius 3 is 1.47 bits per heavy atom. The van der Waals surface area contributed by atoms with Crippen molar-refractivity contribution in [2.45, 2.75) is 86.9 Å². The van der Waals surface area contributed by atoms with Crippen LogP contribution in [-0.2, 0) is 33.2 Å². The Hall–Kier alpha value is -1.31. The van der Waals surface area contributed by atoms with Crippen molar-refractivity contribution in [1.29, 1.82) is 0 Å². The largest absolute Gasteiger partial charge is 0.396 e. The Balaban J connectivity index is 0.000000196. The van der Waals surface area contributed by atoms with Gasteiger partial charge in [0.05, 0.1) is 52.3 Å². The standard InChI is InChI=1S/C12H19NO5S.C11H17NO3/c1-13-11(7-8-18-19(2,14)15)3-5-12(6-4-11)16-9-10-17-12;1-12-10(6-7-13)2-4-11(5-3-10)14-8-9-15-11/h3-10H2,2H3;13H,2-9H2. The van der Waals surface area contributed by atoms with Crippen molar-refractivity contribution in [2.24, 2.45) is 0 Å². The molecule has 10 nitrogen and oxygen atoms in total. The minimum atomic E-state index is -3.43. The highest BCUT2D eigenvalue weighted by molar-refractivity contribution is 7.85. The highest BCUT2D eigenvalue weighted by Crippen LogP contribution is 2.44. The highest BCUT2D eigenvalue weighted by atomic mass is 32.2. The molecular weight excluding hydrogens is 464 g/mol. The summed E-state index contributed by atoms with van der Waals surface area (Å²) in [6, 6.07) is 0. The molecule has 1 N–H and O–H groups in total. The maximum Gasteiger partial charge on any atom is 0.264 e. The maximum atomic E-state index is 10.9. The summed E-state index contributed by atoms with van der Waals surface area (Å²) in [5, 5.41) is 8.97. The lowest BCUT2D eigenvalue weighted by Crippen LogP contribution is -2.42. The summed E-state index contributed by atoms with van der Waals surface area (Å²) in [7, 11) is -3.43. The summed E-state index contributed by atoms with van der Waals surface area (Å²) < 4.78 is 49.1. The fourth-order valence-electron chi connectivity index (χ4n) is 5.19. The lowest BCUT2D eigenvalue weighted by Gasteiger charge is -2.36. The van der Waals surface area contributed by atoms with E-state index in [0.29, 0.717) is 65.0 Å². The number of hydrogen-bond acceptors (Lipinski definition) is 8. The van der Waals surface area contributed by atoms with Crippen LogP contribution in [0.1, 0.15) is 64.2 Å². The minimum Gasteiger partial charge on any atom is -0.396 e. The molecule has 4 rings (SSSR count). The third-order valence-corrected chi connectivity index (χ3v) is 8.02. The van der Waals surface area contributed by atoms with Gasteiger partial charge >= 0.3 is 0 Å². The number of aliphatic hydroxyl groups is 1. The molecule has 192 valence electrons. The number of aliphatic hydroxyl groups excluding tert-OH is 1. The van der Waals surface area contributed by atoms with Crippen LogP contribution in [0.2, 0.25) is 0 Å². The smallest absolute Gasteiger partial charge is 0.264 e. The van der Waals surface area contributed by atoms with E-state index in [4.69, 9.17) is 41.4 Å². The van der Waals surface area contributed by atoms with Gasteiger partial charge in [0.15, 0.2) is 11.6 Å². The summed E-state index contributed by atoms with van der Waals surface area (Å²) in [6.07, 6.45) is 7.84. The Labute approximate surface area is 202 Å². The molecule has 0 radical (unpaired) electrons. The van der Waals surface area contributed by atoms with Crippen LogP contribution in [0, 0.1) is 13.1 Å². The van der Waals surface area contributed by atoms with Crippen molar-refractivity contribution in [3.05, 3.63) is 22.8 Å². The predicted molar refractivity (Wildman–Crippen MR) is 122 cm³/mol. The number of rotatable bonds is 6. The third kappa shape index (κ3) is 6.88. The molecule has 2 aliphatic carbocycles. The van der Waals surface area contributed by atoms with Gasteiger partial charge in [0, 0.05) is 57.8 Å². The predicted octanol–water partition coefficient (Wildman–Crippen LogP) is 2.67.